The molecule has 0 aromatic heterocycles. The number of aliphatic hydroxyl groups is 2. The minimum Gasteiger partial charge on any atom is -0.391 e. The van der Waals surface area contributed by atoms with Crippen LogP contribution in [-0.4, -0.2) is 46.0 Å². The van der Waals surface area contributed by atoms with E-state index in [0.29, 0.717) is 11.5 Å². The number of aliphatic hydroxyl groups excluding tert-OH is 2. The third-order valence-electron chi connectivity index (χ3n) is 3.09. The molecule has 0 aliphatic heterocycles. The van der Waals surface area contributed by atoms with Crippen molar-refractivity contribution < 1.29 is 15.0 Å². The SMILES string of the molecule is O=C1c2ccccc2CC1[S+](CCO)CCO. The molecule has 2 rings (SSSR count). The molecule has 1 aliphatic carbocycles. The van der Waals surface area contributed by atoms with E-state index in [0.717, 1.165) is 17.5 Å². The van der Waals surface area contributed by atoms with Crippen LogP contribution in [0.3, 0.4) is 0 Å². The van der Waals surface area contributed by atoms with E-state index in [9.17, 15) is 4.79 Å². The molecule has 0 saturated heterocycles. The number of rotatable bonds is 5. The largest absolute Gasteiger partial charge is 0.391 e. The van der Waals surface area contributed by atoms with Crippen molar-refractivity contribution in [2.45, 2.75) is 11.7 Å². The Bertz CT molecular complexity index is 399. The van der Waals surface area contributed by atoms with Crippen LogP contribution >= 0.6 is 0 Å². The molecule has 1 aromatic carbocycles. The topological polar surface area (TPSA) is 57.5 Å². The van der Waals surface area contributed by atoms with E-state index in [2.05, 4.69) is 0 Å². The zero-order valence-electron chi connectivity index (χ0n) is 9.63. The minimum atomic E-state index is -0.206. The van der Waals surface area contributed by atoms with Gasteiger partial charge in [0.05, 0.1) is 13.2 Å². The number of ketones is 1. The Morgan fingerprint density at radius 2 is 1.82 bits per heavy atom. The average molecular weight is 253 g/mol. The van der Waals surface area contributed by atoms with Gasteiger partial charge in [-0.15, -0.1) is 0 Å². The molecule has 0 radical (unpaired) electrons. The van der Waals surface area contributed by atoms with Gasteiger partial charge < -0.3 is 10.2 Å². The number of benzene rings is 1. The van der Waals surface area contributed by atoms with E-state index in [1.807, 2.05) is 24.3 Å². The van der Waals surface area contributed by atoms with Crippen LogP contribution in [0.5, 0.6) is 0 Å². The zero-order chi connectivity index (χ0) is 12.3. The summed E-state index contributed by atoms with van der Waals surface area (Å²) in [6.45, 7) is 0.173. The lowest BCUT2D eigenvalue weighted by molar-refractivity contribution is 0.0999. The quantitative estimate of drug-likeness (QED) is 0.747. The second kappa shape index (κ2) is 5.67. The fraction of sp³-hybridized carbons (Fsp3) is 0.462. The second-order valence-electron chi connectivity index (χ2n) is 4.11. The van der Waals surface area contributed by atoms with E-state index >= 15 is 0 Å². The van der Waals surface area contributed by atoms with Crippen molar-refractivity contribution in [3.63, 3.8) is 0 Å². The summed E-state index contributed by atoms with van der Waals surface area (Å²) in [5.41, 5.74) is 1.93. The van der Waals surface area contributed by atoms with Crippen LogP contribution < -0.4 is 0 Å². The highest BCUT2D eigenvalue weighted by molar-refractivity contribution is 7.98. The van der Waals surface area contributed by atoms with Gasteiger partial charge in [-0.25, -0.2) is 0 Å². The Kier molecular flexibility index (Phi) is 4.20. The van der Waals surface area contributed by atoms with Crippen molar-refractivity contribution in [1.29, 1.82) is 0 Å². The molecule has 0 spiro atoms. The minimum absolute atomic E-state index is 0.0355. The standard InChI is InChI=1S/C13H17O3S/c14-5-7-17(8-6-15)12-9-10-3-1-2-4-11(10)13(12)16/h1-4,12,14-15H,5-9H2/q+1. The van der Waals surface area contributed by atoms with Gasteiger partial charge in [0.2, 0.25) is 5.78 Å². The van der Waals surface area contributed by atoms with Gasteiger partial charge in [0.15, 0.2) is 5.25 Å². The monoisotopic (exact) mass is 253 g/mol. The van der Waals surface area contributed by atoms with Gasteiger partial charge >= 0.3 is 0 Å². The van der Waals surface area contributed by atoms with Crippen molar-refractivity contribution >= 4 is 16.7 Å². The van der Waals surface area contributed by atoms with Crippen molar-refractivity contribution in [3.05, 3.63) is 35.4 Å². The predicted octanol–water partition coefficient (Wildman–Crippen LogP) is 0.397. The average Bonchev–Trinajstić information content (AvgIpc) is 2.67. The van der Waals surface area contributed by atoms with Gasteiger partial charge in [0.25, 0.3) is 0 Å². The van der Waals surface area contributed by atoms with E-state index in [1.165, 1.54) is 0 Å². The van der Waals surface area contributed by atoms with Gasteiger partial charge in [0.1, 0.15) is 11.5 Å². The van der Waals surface area contributed by atoms with Crippen LogP contribution in [0, 0.1) is 0 Å². The maximum absolute atomic E-state index is 12.2. The van der Waals surface area contributed by atoms with Crippen molar-refractivity contribution in [2.75, 3.05) is 24.7 Å². The summed E-state index contributed by atoms with van der Waals surface area (Å²) < 4.78 is 0. The lowest BCUT2D eigenvalue weighted by atomic mass is 10.1. The number of hydrogen-bond acceptors (Lipinski definition) is 3. The smallest absolute Gasteiger partial charge is 0.215 e. The van der Waals surface area contributed by atoms with Gasteiger partial charge in [0, 0.05) is 22.9 Å². The van der Waals surface area contributed by atoms with E-state index < -0.39 is 0 Å². The summed E-state index contributed by atoms with van der Waals surface area (Å²) in [5, 5.41) is 18.0. The first-order valence-electron chi connectivity index (χ1n) is 5.78. The first-order chi connectivity index (χ1) is 8.27. The summed E-state index contributed by atoms with van der Waals surface area (Å²) in [6.07, 6.45) is 0.762. The summed E-state index contributed by atoms with van der Waals surface area (Å²) in [5.74, 6) is 1.42. The molecule has 0 saturated carbocycles. The number of carbonyl (C=O) groups is 1. The molecule has 1 atom stereocenters. The lowest BCUT2D eigenvalue weighted by Crippen LogP contribution is -2.34. The predicted molar refractivity (Wildman–Crippen MR) is 69.5 cm³/mol. The molecule has 92 valence electrons. The molecule has 17 heavy (non-hydrogen) atoms. The molecule has 1 aliphatic rings. The summed E-state index contributed by atoms with van der Waals surface area (Å²) >= 11 is 0. The third-order valence-corrected chi connectivity index (χ3v) is 5.69. The van der Waals surface area contributed by atoms with Gasteiger partial charge in [-0.1, -0.05) is 24.3 Å². The van der Waals surface area contributed by atoms with Gasteiger partial charge in [-0.05, 0) is 5.56 Å². The number of fused-ring (bicyclic) bond motifs is 1. The van der Waals surface area contributed by atoms with E-state index in [1.54, 1.807) is 0 Å². The Morgan fingerprint density at radius 1 is 1.18 bits per heavy atom. The molecule has 0 heterocycles. The Labute approximate surface area is 104 Å². The van der Waals surface area contributed by atoms with Crippen LogP contribution in [0.15, 0.2) is 24.3 Å². The highest BCUT2D eigenvalue weighted by Gasteiger charge is 2.42. The second-order valence-corrected chi connectivity index (χ2v) is 6.57. The molecule has 0 bridgehead atoms. The zero-order valence-corrected chi connectivity index (χ0v) is 10.4. The van der Waals surface area contributed by atoms with Crippen LogP contribution in [0.1, 0.15) is 15.9 Å². The molecule has 0 fully saturated rings. The molecular formula is C13H17O3S+. The molecule has 2 N–H and O–H groups in total. The molecule has 4 heteroatoms. The first-order valence-corrected chi connectivity index (χ1v) is 7.40. The summed E-state index contributed by atoms with van der Waals surface area (Å²) in [7, 11) is -0.206. The highest BCUT2D eigenvalue weighted by atomic mass is 32.2. The fourth-order valence-corrected chi connectivity index (χ4v) is 4.38. The number of hydrogen-bond donors (Lipinski definition) is 2. The van der Waals surface area contributed by atoms with Crippen LogP contribution in [-0.2, 0) is 17.3 Å². The lowest BCUT2D eigenvalue weighted by Gasteiger charge is -2.11. The van der Waals surface area contributed by atoms with Gasteiger partial charge in [-0.2, -0.15) is 0 Å². The van der Waals surface area contributed by atoms with Crippen LogP contribution in [0.4, 0.5) is 0 Å². The van der Waals surface area contributed by atoms with Crippen molar-refractivity contribution in [2.24, 2.45) is 0 Å². The number of carbonyl (C=O) groups excluding carboxylic acids is 1. The maximum atomic E-state index is 12.2. The Morgan fingerprint density at radius 3 is 2.41 bits per heavy atom. The van der Waals surface area contributed by atoms with Crippen LogP contribution in [0.25, 0.3) is 0 Å². The van der Waals surface area contributed by atoms with E-state index in [-0.39, 0.29) is 35.1 Å². The van der Waals surface area contributed by atoms with E-state index in [4.69, 9.17) is 10.2 Å². The fourth-order valence-electron chi connectivity index (χ4n) is 2.29. The summed E-state index contributed by atoms with van der Waals surface area (Å²) in [6, 6.07) is 7.70. The molecule has 1 aromatic rings. The Hall–Kier alpha value is -0.840. The number of Topliss-reactive ketones (excluding diaryl/α,β-unsaturated/α-hetero) is 1. The first kappa shape index (κ1) is 12.6. The molecule has 0 amide bonds. The van der Waals surface area contributed by atoms with Crippen LogP contribution in [0.2, 0.25) is 0 Å². The van der Waals surface area contributed by atoms with Crippen molar-refractivity contribution in [1.82, 2.24) is 0 Å². The van der Waals surface area contributed by atoms with Gasteiger partial charge in [-0.3, -0.25) is 4.79 Å². The maximum Gasteiger partial charge on any atom is 0.215 e. The highest BCUT2D eigenvalue weighted by Crippen LogP contribution is 2.27. The molecule has 1 unspecified atom stereocenters. The third kappa shape index (κ3) is 2.54. The van der Waals surface area contributed by atoms with Crippen molar-refractivity contribution in [3.8, 4) is 0 Å². The Balaban J connectivity index is 2.17. The molecular weight excluding hydrogens is 236 g/mol. The molecule has 3 nitrogen and oxygen atoms in total. The normalized spacial score (nSPS) is 18.8. The summed E-state index contributed by atoms with van der Waals surface area (Å²) in [4.78, 5) is 12.2.